The maximum Gasteiger partial charge on any atom is 0.160 e. The largest absolute Gasteiger partial charge is 0.228 e. The van der Waals surface area contributed by atoms with Gasteiger partial charge < -0.3 is 0 Å². The summed E-state index contributed by atoms with van der Waals surface area (Å²) in [6.45, 7) is 13.8. The molecular weight excluding hydrogens is 1380 g/mol. The Hall–Kier alpha value is -10.4. The number of unbranched alkanes of at least 4 members (excludes halogenated alkanes) is 20. The summed E-state index contributed by atoms with van der Waals surface area (Å²) in [5, 5.41) is 7.54. The van der Waals surface area contributed by atoms with Crippen molar-refractivity contribution >= 4 is 32.3 Å². The highest BCUT2D eigenvalue weighted by Crippen LogP contribution is 2.58. The lowest BCUT2D eigenvalue weighted by atomic mass is 9.70. The van der Waals surface area contributed by atoms with E-state index in [1.165, 1.54) is 264 Å². The molecule has 4 heteroatoms. The molecular formula is C110H116N4. The molecule has 114 heavy (non-hydrogen) atoms. The van der Waals surface area contributed by atoms with Crippen molar-refractivity contribution in [2.24, 2.45) is 0 Å². The van der Waals surface area contributed by atoms with Gasteiger partial charge in [-0.3, -0.25) is 0 Å². The Balaban J connectivity index is 0.836. The molecule has 2 aliphatic rings. The Kier molecular flexibility index (Phi) is 24.4. The maximum atomic E-state index is 5.89. The van der Waals surface area contributed by atoms with Crippen LogP contribution in [0.25, 0.3) is 145 Å². The van der Waals surface area contributed by atoms with Gasteiger partial charge in [-0.15, -0.1) is 0 Å². The molecule has 576 valence electrons. The van der Waals surface area contributed by atoms with E-state index in [0.29, 0.717) is 0 Å². The number of aryl methyl sites for hydroxylation is 2. The van der Waals surface area contributed by atoms with Crippen molar-refractivity contribution in [1.29, 1.82) is 0 Å². The molecule has 16 rings (SSSR count). The molecule has 2 aliphatic carbocycles. The SMILES string of the molecule is CCCCCCCCC1(CCCCCCCC)c2cc(C)ccc2-c2ccc(-c3cc(-c4ccc5c(c4)C(CCCCCCCC)(CCCCCCCC)c4cc(-c6cccc(-c7cc(-c8ccc(-c9ccc(C)cc9)cc8)nc(-c8ccccc8)n7)c6)ccc4-5)nc(-c4ccc5c6ccccc6c6ccccc6c5c4)n3)cc21. The van der Waals surface area contributed by atoms with E-state index in [4.69, 9.17) is 19.9 Å². The summed E-state index contributed by atoms with van der Waals surface area (Å²) >= 11 is 0. The molecule has 0 saturated carbocycles. The van der Waals surface area contributed by atoms with Crippen molar-refractivity contribution < 1.29 is 0 Å². The summed E-state index contributed by atoms with van der Waals surface area (Å²) in [4.78, 5) is 22.4. The third-order valence-corrected chi connectivity index (χ3v) is 25.8. The summed E-state index contributed by atoms with van der Waals surface area (Å²) < 4.78 is 0. The first-order valence-corrected chi connectivity index (χ1v) is 44.2. The Morgan fingerprint density at radius 1 is 0.202 bits per heavy atom. The van der Waals surface area contributed by atoms with Gasteiger partial charge in [0.05, 0.1) is 22.8 Å². The number of hydrogen-bond donors (Lipinski definition) is 0. The van der Waals surface area contributed by atoms with Crippen LogP contribution in [0.5, 0.6) is 0 Å². The summed E-state index contributed by atoms with van der Waals surface area (Å²) in [5.41, 5.74) is 28.9. The molecule has 0 aliphatic heterocycles. The predicted octanol–water partition coefficient (Wildman–Crippen LogP) is 32.2. The van der Waals surface area contributed by atoms with Crippen molar-refractivity contribution in [2.45, 2.75) is 232 Å². The molecule has 0 N–H and O–H groups in total. The Bertz CT molecular complexity index is 5600. The molecule has 0 spiro atoms. The molecule has 0 saturated heterocycles. The van der Waals surface area contributed by atoms with E-state index >= 15 is 0 Å². The minimum atomic E-state index is -0.228. The monoisotopic (exact) mass is 1490 g/mol. The van der Waals surface area contributed by atoms with Crippen LogP contribution in [0.4, 0.5) is 0 Å². The van der Waals surface area contributed by atoms with Crippen molar-refractivity contribution in [3.63, 3.8) is 0 Å². The average molecular weight is 1490 g/mol. The van der Waals surface area contributed by atoms with Crippen LogP contribution in [0.1, 0.15) is 241 Å². The highest BCUT2D eigenvalue weighted by Gasteiger charge is 2.45. The van der Waals surface area contributed by atoms with Gasteiger partial charge in [-0.05, 0) is 181 Å². The zero-order valence-corrected chi connectivity index (χ0v) is 68.8. The molecule has 0 bridgehead atoms. The van der Waals surface area contributed by atoms with Crippen LogP contribution < -0.4 is 0 Å². The minimum Gasteiger partial charge on any atom is -0.228 e. The topological polar surface area (TPSA) is 51.6 Å². The Labute approximate surface area is 680 Å². The normalized spacial score (nSPS) is 13.1. The fourth-order valence-electron chi connectivity index (χ4n) is 19.6. The molecule has 0 radical (unpaired) electrons. The van der Waals surface area contributed by atoms with Crippen LogP contribution in [0.3, 0.4) is 0 Å². The molecule has 0 atom stereocenters. The zero-order valence-electron chi connectivity index (χ0n) is 68.8. The van der Waals surface area contributed by atoms with Gasteiger partial charge in [0.15, 0.2) is 11.6 Å². The van der Waals surface area contributed by atoms with Crippen molar-refractivity contribution in [3.8, 4) is 112 Å². The van der Waals surface area contributed by atoms with E-state index in [1.807, 2.05) is 0 Å². The standard InChI is InChI=1S/C110H116N4/c1-7-11-15-19-23-34-65-109(66-35-24-20-16-12-8-2)99-69-78(6)49-60-94(99)96-63-57-86(73-101(96)109)105-76-106(114-108(113-105)88-59-61-93-91-45-31-30-43-89(91)90-44-32-33-46-92(90)98(93)71-88)87-58-64-97-95-62-56-84(72-100(95)110(102(97)74-87,67-36-25-21-17-13-9-3)68-37-26-22-18-14-10-4)83-41-38-42-85(70-83)104-75-103(111-107(112-104)82-39-28-27-29-40-82)81-54-52-80(53-55-81)79-50-47-77(5)48-51-79/h27-33,38-64,69-76H,7-26,34-37,65-68H2,1-6H3. The van der Waals surface area contributed by atoms with Gasteiger partial charge in [0.1, 0.15) is 0 Å². The highest BCUT2D eigenvalue weighted by atomic mass is 14.9. The number of rotatable bonds is 36. The molecule has 0 amide bonds. The van der Waals surface area contributed by atoms with Gasteiger partial charge in [-0.2, -0.15) is 0 Å². The van der Waals surface area contributed by atoms with E-state index in [-0.39, 0.29) is 10.8 Å². The first-order valence-electron chi connectivity index (χ1n) is 44.2. The summed E-state index contributed by atoms with van der Waals surface area (Å²) in [6.07, 6.45) is 34.9. The lowest BCUT2D eigenvalue weighted by Crippen LogP contribution is -2.26. The zero-order chi connectivity index (χ0) is 77.8. The number of aromatic nitrogens is 4. The van der Waals surface area contributed by atoms with E-state index < -0.39 is 0 Å². The molecule has 2 heterocycles. The van der Waals surface area contributed by atoms with Crippen LogP contribution in [0, 0.1) is 13.8 Å². The quantitative estimate of drug-likeness (QED) is 0.0290. The molecule has 0 unspecified atom stereocenters. The highest BCUT2D eigenvalue weighted by molar-refractivity contribution is 6.25. The second kappa shape index (κ2) is 36.0. The van der Waals surface area contributed by atoms with E-state index in [2.05, 4.69) is 296 Å². The van der Waals surface area contributed by atoms with Gasteiger partial charge >= 0.3 is 0 Å². The van der Waals surface area contributed by atoms with Crippen LogP contribution >= 0.6 is 0 Å². The summed E-state index contributed by atoms with van der Waals surface area (Å²) in [5.74, 6) is 1.48. The van der Waals surface area contributed by atoms with Crippen LogP contribution in [-0.2, 0) is 10.8 Å². The fraction of sp³-hybridized carbons (Fsp3) is 0.327. The first-order chi connectivity index (χ1) is 56.1. The van der Waals surface area contributed by atoms with E-state index in [9.17, 15) is 0 Å². The molecule has 2 aromatic heterocycles. The minimum absolute atomic E-state index is 0.0831. The third kappa shape index (κ3) is 16.4. The van der Waals surface area contributed by atoms with E-state index in [0.717, 1.165) is 87.9 Å². The Morgan fingerprint density at radius 3 is 0.982 bits per heavy atom. The van der Waals surface area contributed by atoms with Crippen molar-refractivity contribution in [1.82, 2.24) is 19.9 Å². The molecule has 12 aromatic carbocycles. The number of hydrogen-bond acceptors (Lipinski definition) is 4. The summed E-state index contributed by atoms with van der Waals surface area (Å²) in [7, 11) is 0. The second-order valence-electron chi connectivity index (χ2n) is 33.7. The molecule has 4 nitrogen and oxygen atoms in total. The smallest absolute Gasteiger partial charge is 0.160 e. The van der Waals surface area contributed by atoms with Gasteiger partial charge in [-0.25, -0.2) is 19.9 Å². The van der Waals surface area contributed by atoms with Gasteiger partial charge in [0.2, 0.25) is 0 Å². The van der Waals surface area contributed by atoms with Crippen molar-refractivity contribution in [2.75, 3.05) is 0 Å². The van der Waals surface area contributed by atoms with Gasteiger partial charge in [0, 0.05) is 44.2 Å². The van der Waals surface area contributed by atoms with Crippen LogP contribution in [0.15, 0.2) is 255 Å². The average Bonchev–Trinajstić information content (AvgIpc) is 1.52. The first kappa shape index (κ1) is 77.5. The van der Waals surface area contributed by atoms with Gasteiger partial charge in [-0.1, -0.05) is 405 Å². The maximum absolute atomic E-state index is 5.89. The van der Waals surface area contributed by atoms with Crippen LogP contribution in [0.2, 0.25) is 0 Å². The fourth-order valence-corrected chi connectivity index (χ4v) is 19.6. The molecule has 0 fully saturated rings. The Morgan fingerprint density at radius 2 is 0.509 bits per heavy atom. The predicted molar refractivity (Wildman–Crippen MR) is 488 cm³/mol. The van der Waals surface area contributed by atoms with Crippen LogP contribution in [-0.4, -0.2) is 19.9 Å². The van der Waals surface area contributed by atoms with E-state index in [1.54, 1.807) is 5.56 Å². The van der Waals surface area contributed by atoms with Gasteiger partial charge in [0.25, 0.3) is 0 Å². The number of fused-ring (bicyclic) bond motifs is 12. The lowest BCUT2D eigenvalue weighted by Gasteiger charge is -2.33. The molecule has 14 aromatic rings. The van der Waals surface area contributed by atoms with Crippen molar-refractivity contribution in [3.05, 3.63) is 288 Å². The second-order valence-corrected chi connectivity index (χ2v) is 33.7. The lowest BCUT2D eigenvalue weighted by molar-refractivity contribution is 0.398. The number of nitrogens with zero attached hydrogens (tertiary/aromatic N) is 4. The summed E-state index contributed by atoms with van der Waals surface area (Å²) in [6, 6.07) is 96.7. The number of benzene rings is 12. The third-order valence-electron chi connectivity index (χ3n) is 25.8.